The van der Waals surface area contributed by atoms with Gasteiger partial charge < -0.3 is 15.2 Å². The summed E-state index contributed by atoms with van der Waals surface area (Å²) in [5, 5.41) is 0.439. The highest BCUT2D eigenvalue weighted by atomic mass is 35.5. The van der Waals surface area contributed by atoms with Gasteiger partial charge in [0.15, 0.2) is 13.2 Å². The highest BCUT2D eigenvalue weighted by Crippen LogP contribution is 2.17. The van der Waals surface area contributed by atoms with Gasteiger partial charge in [-0.2, -0.15) is 0 Å². The number of hydrogen-bond acceptors (Lipinski definition) is 7. The number of rotatable bonds is 8. The van der Waals surface area contributed by atoms with Crippen LogP contribution in [0.4, 0.5) is 5.82 Å². The van der Waals surface area contributed by atoms with E-state index in [1.54, 1.807) is 18.2 Å². The number of benzene rings is 1. The Hall–Kier alpha value is -3.07. The fraction of sp³-hybridized carbons (Fsp3) is 0.333. The van der Waals surface area contributed by atoms with Gasteiger partial charge in [0.2, 0.25) is 5.78 Å². The van der Waals surface area contributed by atoms with Gasteiger partial charge >= 0.3 is 11.7 Å². The van der Waals surface area contributed by atoms with Crippen LogP contribution in [0, 0.1) is 0 Å². The quantitative estimate of drug-likeness (QED) is 0.509. The molecule has 0 saturated heterocycles. The molecule has 10 heteroatoms. The normalized spacial score (nSPS) is 10.5. The van der Waals surface area contributed by atoms with Crippen LogP contribution in [0.5, 0.6) is 5.75 Å². The summed E-state index contributed by atoms with van der Waals surface area (Å²) in [6.45, 7) is 0.907. The molecule has 2 aromatic rings. The molecule has 0 fully saturated rings. The van der Waals surface area contributed by atoms with Gasteiger partial charge in [-0.25, -0.2) is 9.59 Å². The van der Waals surface area contributed by atoms with Crippen molar-refractivity contribution >= 4 is 29.2 Å². The number of nitrogens with two attached hydrogens (primary N) is 1. The number of carbonyl (C=O) groups excluding carboxylic acids is 2. The highest BCUT2D eigenvalue weighted by molar-refractivity contribution is 6.30. The van der Waals surface area contributed by atoms with E-state index >= 15 is 0 Å². The number of Topliss-reactive ketones (excluding diaryl/α,β-unsaturated/α-hetero) is 1. The fourth-order valence-corrected chi connectivity index (χ4v) is 2.62. The second-order valence-corrected chi connectivity index (χ2v) is 6.32. The van der Waals surface area contributed by atoms with Gasteiger partial charge in [0.05, 0.1) is 0 Å². The minimum atomic E-state index is -0.842. The summed E-state index contributed by atoms with van der Waals surface area (Å²) in [5.74, 6) is -1.50. The number of hydrogen-bond donors (Lipinski definition) is 1. The van der Waals surface area contributed by atoms with Crippen molar-refractivity contribution in [2.75, 3.05) is 18.9 Å². The molecular formula is C18H20ClN3O6. The number of esters is 1. The average molecular weight is 410 g/mol. The minimum Gasteiger partial charge on any atom is -0.482 e. The fourth-order valence-electron chi connectivity index (χ4n) is 2.44. The van der Waals surface area contributed by atoms with Crippen molar-refractivity contribution < 1.29 is 19.1 Å². The van der Waals surface area contributed by atoms with Gasteiger partial charge in [-0.15, -0.1) is 0 Å². The Kier molecular flexibility index (Phi) is 7.00. The predicted octanol–water partition coefficient (Wildman–Crippen LogP) is 0.997. The summed E-state index contributed by atoms with van der Waals surface area (Å²) in [6.07, 6.45) is 0.575. The van der Waals surface area contributed by atoms with Crippen molar-refractivity contribution in [3.8, 4) is 5.75 Å². The maximum Gasteiger partial charge on any atom is 0.344 e. The Labute approximate surface area is 165 Å². The van der Waals surface area contributed by atoms with Crippen LogP contribution in [0.1, 0.15) is 23.7 Å². The molecule has 0 radical (unpaired) electrons. The van der Waals surface area contributed by atoms with E-state index in [9.17, 15) is 19.2 Å². The molecular weight excluding hydrogens is 390 g/mol. The molecule has 0 saturated carbocycles. The van der Waals surface area contributed by atoms with Crippen LogP contribution in [0.15, 0.2) is 33.9 Å². The zero-order chi connectivity index (χ0) is 20.8. The minimum absolute atomic E-state index is 0.242. The number of carbonyl (C=O) groups is 2. The second kappa shape index (κ2) is 9.23. The maximum atomic E-state index is 12.4. The molecule has 1 aromatic heterocycles. The first-order valence-electron chi connectivity index (χ1n) is 8.42. The molecule has 1 heterocycles. The molecule has 0 atom stereocenters. The largest absolute Gasteiger partial charge is 0.482 e. The lowest BCUT2D eigenvalue weighted by molar-refractivity contribution is -0.144. The van der Waals surface area contributed by atoms with Crippen molar-refractivity contribution in [2.45, 2.75) is 19.9 Å². The standard InChI is InChI=1S/C18H20ClN3O6/c1-3-7-22-16(20)15(17(25)21(2)18(22)26)13(23)9-28-14(24)10-27-12-6-4-5-11(19)8-12/h4-6,8H,3,7,9-10,20H2,1-2H3. The van der Waals surface area contributed by atoms with Crippen LogP contribution in [-0.2, 0) is 23.1 Å². The molecule has 2 rings (SSSR count). The third kappa shape index (κ3) is 4.80. The smallest absolute Gasteiger partial charge is 0.344 e. The van der Waals surface area contributed by atoms with Gasteiger partial charge in [0.25, 0.3) is 5.56 Å². The number of nitrogens with zero attached hydrogens (tertiary/aromatic N) is 2. The van der Waals surface area contributed by atoms with E-state index in [1.165, 1.54) is 13.1 Å². The van der Waals surface area contributed by atoms with Crippen LogP contribution in [-0.4, -0.2) is 34.1 Å². The molecule has 0 bridgehead atoms. The zero-order valence-corrected chi connectivity index (χ0v) is 16.2. The number of anilines is 1. The number of halogens is 1. The Bertz CT molecular complexity index is 1010. The molecule has 1 aromatic carbocycles. The van der Waals surface area contributed by atoms with E-state index in [1.807, 2.05) is 6.92 Å². The van der Waals surface area contributed by atoms with E-state index in [4.69, 9.17) is 26.8 Å². The van der Waals surface area contributed by atoms with E-state index < -0.39 is 36.2 Å². The highest BCUT2D eigenvalue weighted by Gasteiger charge is 2.22. The molecule has 9 nitrogen and oxygen atoms in total. The van der Waals surface area contributed by atoms with E-state index in [-0.39, 0.29) is 17.9 Å². The summed E-state index contributed by atoms with van der Waals surface area (Å²) < 4.78 is 12.0. The molecule has 0 aliphatic heterocycles. The van der Waals surface area contributed by atoms with Crippen molar-refractivity contribution in [1.82, 2.24) is 9.13 Å². The molecule has 0 unspecified atom stereocenters. The molecule has 0 aliphatic carbocycles. The average Bonchev–Trinajstić information content (AvgIpc) is 2.66. The summed E-state index contributed by atoms with van der Waals surface area (Å²) in [7, 11) is 1.25. The van der Waals surface area contributed by atoms with Gasteiger partial charge in [-0.05, 0) is 24.6 Å². The topological polar surface area (TPSA) is 123 Å². The molecule has 0 aliphatic rings. The lowest BCUT2D eigenvalue weighted by Crippen LogP contribution is -2.43. The molecule has 2 N–H and O–H groups in total. The van der Waals surface area contributed by atoms with Crippen LogP contribution in [0.25, 0.3) is 0 Å². The van der Waals surface area contributed by atoms with Crippen LogP contribution < -0.4 is 21.7 Å². The number of ether oxygens (including phenoxy) is 2. The second-order valence-electron chi connectivity index (χ2n) is 5.89. The lowest BCUT2D eigenvalue weighted by Gasteiger charge is -2.14. The van der Waals surface area contributed by atoms with Crippen LogP contribution in [0.3, 0.4) is 0 Å². The summed E-state index contributed by atoms with van der Waals surface area (Å²) in [5.41, 5.74) is 4.00. The molecule has 28 heavy (non-hydrogen) atoms. The Morgan fingerprint density at radius 2 is 1.93 bits per heavy atom. The SMILES string of the molecule is CCCn1c(N)c(C(=O)COC(=O)COc2cccc(Cl)c2)c(=O)n(C)c1=O. The lowest BCUT2D eigenvalue weighted by atomic mass is 10.2. The molecule has 0 amide bonds. The van der Waals surface area contributed by atoms with Gasteiger partial charge in [-0.3, -0.25) is 18.7 Å². The van der Waals surface area contributed by atoms with Gasteiger partial charge in [0, 0.05) is 18.6 Å². The number of nitrogen functional groups attached to an aromatic ring is 1. The predicted molar refractivity (Wildman–Crippen MR) is 103 cm³/mol. The first-order valence-corrected chi connectivity index (χ1v) is 8.80. The van der Waals surface area contributed by atoms with E-state index in [0.29, 0.717) is 17.2 Å². The molecule has 0 spiro atoms. The Balaban J connectivity index is 2.07. The number of ketones is 1. The van der Waals surface area contributed by atoms with E-state index in [0.717, 1.165) is 9.13 Å². The third-order valence-electron chi connectivity index (χ3n) is 3.83. The van der Waals surface area contributed by atoms with Crippen molar-refractivity contribution in [1.29, 1.82) is 0 Å². The maximum absolute atomic E-state index is 12.4. The van der Waals surface area contributed by atoms with Crippen molar-refractivity contribution in [3.05, 3.63) is 55.7 Å². The summed E-state index contributed by atoms with van der Waals surface area (Å²) in [6, 6.07) is 6.41. The summed E-state index contributed by atoms with van der Waals surface area (Å²) in [4.78, 5) is 48.6. The monoisotopic (exact) mass is 409 g/mol. The van der Waals surface area contributed by atoms with Crippen molar-refractivity contribution in [2.24, 2.45) is 7.05 Å². The first kappa shape index (κ1) is 21.2. The van der Waals surface area contributed by atoms with Gasteiger partial charge in [0.1, 0.15) is 17.1 Å². The van der Waals surface area contributed by atoms with Gasteiger partial charge in [-0.1, -0.05) is 24.6 Å². The third-order valence-corrected chi connectivity index (χ3v) is 4.06. The number of aromatic nitrogens is 2. The first-order chi connectivity index (χ1) is 13.3. The molecule has 150 valence electrons. The van der Waals surface area contributed by atoms with Crippen LogP contribution >= 0.6 is 11.6 Å². The zero-order valence-electron chi connectivity index (χ0n) is 15.4. The van der Waals surface area contributed by atoms with Crippen LogP contribution in [0.2, 0.25) is 5.02 Å². The van der Waals surface area contributed by atoms with E-state index in [2.05, 4.69) is 0 Å². The van der Waals surface area contributed by atoms with Crippen molar-refractivity contribution in [3.63, 3.8) is 0 Å². The summed E-state index contributed by atoms with van der Waals surface area (Å²) >= 11 is 5.81. The Morgan fingerprint density at radius 3 is 2.57 bits per heavy atom. The Morgan fingerprint density at radius 1 is 1.21 bits per heavy atom.